The monoisotopic (exact) mass is 308 g/mol. The number of hydrazine groups is 1. The molecule has 0 aromatic heterocycles. The smallest absolute Gasteiger partial charge is 0.347 e. The standard InChI is InChI=1S/C9H10Cl2N4O2S/c1-14(2)9-12-15(18(16,17)13-9)8-4-6(10)3-7(11)5-8/h3-5H,1-2H3,(H,12,13). The van der Waals surface area contributed by atoms with Crippen molar-refractivity contribution in [2.45, 2.75) is 0 Å². The number of hydrogen-bond acceptors (Lipinski definition) is 4. The van der Waals surface area contributed by atoms with E-state index in [9.17, 15) is 8.42 Å². The van der Waals surface area contributed by atoms with E-state index in [0.717, 1.165) is 4.41 Å². The summed E-state index contributed by atoms with van der Waals surface area (Å²) in [6.07, 6.45) is 0. The zero-order valence-electron chi connectivity index (χ0n) is 9.55. The molecule has 2 rings (SSSR count). The summed E-state index contributed by atoms with van der Waals surface area (Å²) in [5, 5.41) is 0.681. The molecule has 1 heterocycles. The van der Waals surface area contributed by atoms with Crippen molar-refractivity contribution >= 4 is 45.1 Å². The van der Waals surface area contributed by atoms with Crippen molar-refractivity contribution in [1.29, 1.82) is 0 Å². The molecule has 0 amide bonds. The topological polar surface area (TPSA) is 65.0 Å². The van der Waals surface area contributed by atoms with E-state index in [-0.39, 0.29) is 5.96 Å². The highest BCUT2D eigenvalue weighted by molar-refractivity contribution is 7.92. The third kappa shape index (κ3) is 2.47. The van der Waals surface area contributed by atoms with Crippen molar-refractivity contribution < 1.29 is 8.42 Å². The van der Waals surface area contributed by atoms with E-state index in [2.05, 4.69) is 9.82 Å². The van der Waals surface area contributed by atoms with Gasteiger partial charge >= 0.3 is 10.2 Å². The van der Waals surface area contributed by atoms with E-state index in [1.807, 2.05) is 0 Å². The van der Waals surface area contributed by atoms with Crippen molar-refractivity contribution in [3.8, 4) is 0 Å². The molecule has 9 heteroatoms. The summed E-state index contributed by atoms with van der Waals surface area (Å²) in [5.74, 6) is 0.214. The second-order valence-corrected chi connectivity index (χ2v) is 6.11. The van der Waals surface area contributed by atoms with Crippen LogP contribution in [0.15, 0.2) is 22.6 Å². The van der Waals surface area contributed by atoms with E-state index in [4.69, 9.17) is 23.2 Å². The minimum Gasteiger partial charge on any atom is -0.347 e. The number of anilines is 1. The Morgan fingerprint density at radius 2 is 1.78 bits per heavy atom. The summed E-state index contributed by atoms with van der Waals surface area (Å²) in [6.45, 7) is 0. The lowest BCUT2D eigenvalue weighted by Gasteiger charge is -2.19. The van der Waals surface area contributed by atoms with Crippen molar-refractivity contribution in [3.63, 3.8) is 0 Å². The van der Waals surface area contributed by atoms with Gasteiger partial charge in [-0.25, -0.2) is 0 Å². The number of nitrogens with one attached hydrogen (secondary N) is 1. The van der Waals surface area contributed by atoms with Crippen LogP contribution in [0.5, 0.6) is 0 Å². The zero-order chi connectivity index (χ0) is 13.5. The first-order valence-corrected chi connectivity index (χ1v) is 7.00. The molecule has 98 valence electrons. The third-order valence-electron chi connectivity index (χ3n) is 2.14. The van der Waals surface area contributed by atoms with E-state index < -0.39 is 10.2 Å². The summed E-state index contributed by atoms with van der Waals surface area (Å²) < 4.78 is 28.2. The first kappa shape index (κ1) is 13.3. The van der Waals surface area contributed by atoms with Gasteiger partial charge in [-0.3, -0.25) is 5.43 Å². The first-order chi connectivity index (χ1) is 8.29. The van der Waals surface area contributed by atoms with E-state index >= 15 is 0 Å². The molecule has 0 saturated carbocycles. The number of halogens is 2. The summed E-state index contributed by atoms with van der Waals surface area (Å²) in [4.78, 5) is 1.55. The highest BCUT2D eigenvalue weighted by atomic mass is 35.5. The fourth-order valence-electron chi connectivity index (χ4n) is 1.35. The number of hydrogen-bond donors (Lipinski definition) is 1. The SMILES string of the molecule is CN(C)C1=NS(=O)(=O)N(c2cc(Cl)cc(Cl)c2)N1. The highest BCUT2D eigenvalue weighted by Gasteiger charge is 2.31. The molecule has 0 aliphatic carbocycles. The molecule has 1 aromatic carbocycles. The average molecular weight is 309 g/mol. The van der Waals surface area contributed by atoms with E-state index in [1.165, 1.54) is 18.2 Å². The molecule has 0 saturated heterocycles. The lowest BCUT2D eigenvalue weighted by Crippen LogP contribution is -2.43. The van der Waals surface area contributed by atoms with Gasteiger partial charge in [-0.1, -0.05) is 23.2 Å². The molecule has 1 aromatic rings. The van der Waals surface area contributed by atoms with Crippen LogP contribution in [0, 0.1) is 0 Å². The van der Waals surface area contributed by atoms with Gasteiger partial charge in [0.1, 0.15) is 0 Å². The summed E-state index contributed by atoms with van der Waals surface area (Å²) in [6, 6.07) is 4.47. The molecule has 1 N–H and O–H groups in total. The Hall–Kier alpha value is -1.18. The van der Waals surface area contributed by atoms with Gasteiger partial charge < -0.3 is 4.90 Å². The van der Waals surface area contributed by atoms with Crippen LogP contribution >= 0.6 is 23.2 Å². The van der Waals surface area contributed by atoms with Crippen LogP contribution < -0.4 is 9.84 Å². The number of benzene rings is 1. The lowest BCUT2D eigenvalue weighted by molar-refractivity contribution is 0.591. The van der Waals surface area contributed by atoms with E-state index in [1.54, 1.807) is 19.0 Å². The minimum atomic E-state index is -3.82. The van der Waals surface area contributed by atoms with Gasteiger partial charge in [0.15, 0.2) is 0 Å². The number of guanidine groups is 1. The van der Waals surface area contributed by atoms with Gasteiger partial charge in [-0.2, -0.15) is 12.8 Å². The lowest BCUT2D eigenvalue weighted by atomic mass is 10.3. The molecule has 1 aliphatic rings. The van der Waals surface area contributed by atoms with Crippen molar-refractivity contribution in [1.82, 2.24) is 10.3 Å². The number of nitrogens with zero attached hydrogens (tertiary/aromatic N) is 3. The Morgan fingerprint density at radius 1 is 1.22 bits per heavy atom. The van der Waals surface area contributed by atoms with Gasteiger partial charge in [0, 0.05) is 24.1 Å². The van der Waals surface area contributed by atoms with Crippen LogP contribution in [0.25, 0.3) is 0 Å². The molecular weight excluding hydrogens is 299 g/mol. The van der Waals surface area contributed by atoms with Crippen molar-refractivity contribution in [2.24, 2.45) is 4.40 Å². The molecule has 18 heavy (non-hydrogen) atoms. The maximum atomic E-state index is 11.9. The van der Waals surface area contributed by atoms with Crippen LogP contribution in [0.4, 0.5) is 5.69 Å². The Morgan fingerprint density at radius 3 is 2.22 bits per heavy atom. The second kappa shape index (κ2) is 4.49. The Bertz CT molecular complexity index is 595. The first-order valence-electron chi connectivity index (χ1n) is 4.85. The normalized spacial score (nSPS) is 17.3. The Balaban J connectivity index is 2.42. The van der Waals surface area contributed by atoms with Gasteiger partial charge in [-0.15, -0.1) is 4.40 Å². The van der Waals surface area contributed by atoms with Crippen LogP contribution in [-0.2, 0) is 10.2 Å². The third-order valence-corrected chi connectivity index (χ3v) is 3.74. The molecule has 6 nitrogen and oxygen atoms in total. The van der Waals surface area contributed by atoms with Crippen LogP contribution in [0.2, 0.25) is 10.0 Å². The van der Waals surface area contributed by atoms with Gasteiger partial charge in [0.2, 0.25) is 5.96 Å². The van der Waals surface area contributed by atoms with Crippen molar-refractivity contribution in [2.75, 3.05) is 18.5 Å². The fourth-order valence-corrected chi connectivity index (χ4v) is 2.94. The quantitative estimate of drug-likeness (QED) is 0.853. The maximum absolute atomic E-state index is 11.9. The largest absolute Gasteiger partial charge is 0.365 e. The van der Waals surface area contributed by atoms with E-state index in [0.29, 0.717) is 15.7 Å². The maximum Gasteiger partial charge on any atom is 0.365 e. The fraction of sp³-hybridized carbons (Fsp3) is 0.222. The van der Waals surface area contributed by atoms with Gasteiger partial charge in [-0.05, 0) is 18.2 Å². The molecule has 0 bridgehead atoms. The molecule has 0 spiro atoms. The zero-order valence-corrected chi connectivity index (χ0v) is 11.9. The van der Waals surface area contributed by atoms with Gasteiger partial charge in [0.25, 0.3) is 0 Å². The molecular formula is C9H10Cl2N4O2S. The van der Waals surface area contributed by atoms with Gasteiger partial charge in [0.05, 0.1) is 5.69 Å². The van der Waals surface area contributed by atoms with Crippen LogP contribution in [0.3, 0.4) is 0 Å². The van der Waals surface area contributed by atoms with Crippen LogP contribution in [-0.4, -0.2) is 33.4 Å². The number of rotatable bonds is 1. The Labute approximate surface area is 115 Å². The predicted octanol–water partition coefficient (Wildman–Crippen LogP) is 1.48. The second-order valence-electron chi connectivity index (χ2n) is 3.79. The molecule has 0 radical (unpaired) electrons. The predicted molar refractivity (Wildman–Crippen MR) is 72.1 cm³/mol. The molecule has 0 fully saturated rings. The molecule has 0 atom stereocenters. The minimum absolute atomic E-state index is 0.214. The van der Waals surface area contributed by atoms with Crippen LogP contribution in [0.1, 0.15) is 0 Å². The average Bonchev–Trinajstić information content (AvgIpc) is 2.52. The molecule has 0 unspecified atom stereocenters. The summed E-state index contributed by atoms with van der Waals surface area (Å²) in [5.41, 5.74) is 2.95. The summed E-state index contributed by atoms with van der Waals surface area (Å²) >= 11 is 11.7. The Kier molecular flexibility index (Phi) is 3.31. The van der Waals surface area contributed by atoms with Crippen molar-refractivity contribution in [3.05, 3.63) is 28.2 Å². The highest BCUT2D eigenvalue weighted by Crippen LogP contribution is 2.28. The summed E-state index contributed by atoms with van der Waals surface area (Å²) in [7, 11) is -0.464. The molecule has 1 aliphatic heterocycles.